The smallest absolute Gasteiger partial charge is 0.241 e. The third-order valence-electron chi connectivity index (χ3n) is 4.50. The van der Waals surface area contributed by atoms with E-state index in [1.807, 2.05) is 25.1 Å². The van der Waals surface area contributed by atoms with Crippen molar-refractivity contribution in [2.75, 3.05) is 20.2 Å². The number of ether oxygens (including phenoxy) is 1. The highest BCUT2D eigenvalue weighted by Crippen LogP contribution is 2.25. The minimum Gasteiger partial charge on any atom is -0.496 e. The summed E-state index contributed by atoms with van der Waals surface area (Å²) in [4.78, 5) is 6.62. The molecule has 0 bridgehead atoms. The van der Waals surface area contributed by atoms with E-state index in [2.05, 4.69) is 22.0 Å². The molecule has 1 N–H and O–H groups in total. The molecule has 6 nitrogen and oxygen atoms in total. The van der Waals surface area contributed by atoms with E-state index in [0.29, 0.717) is 30.7 Å². The zero-order chi connectivity index (χ0) is 16.4. The van der Waals surface area contributed by atoms with Gasteiger partial charge in [0.15, 0.2) is 0 Å². The lowest BCUT2D eigenvalue weighted by molar-refractivity contribution is 0.0220. The highest BCUT2D eigenvalue weighted by atomic mass is 16.5. The normalized spacial score (nSPS) is 22.3. The lowest BCUT2D eigenvalue weighted by Gasteiger charge is -2.33. The molecule has 1 aromatic carbocycles. The first-order chi connectivity index (χ1) is 11.1. The van der Waals surface area contributed by atoms with Crippen molar-refractivity contribution in [3.63, 3.8) is 0 Å². The third-order valence-corrected chi connectivity index (χ3v) is 4.50. The van der Waals surface area contributed by atoms with Crippen molar-refractivity contribution in [2.24, 2.45) is 5.92 Å². The molecule has 0 radical (unpaired) electrons. The number of rotatable bonds is 4. The minimum absolute atomic E-state index is 0.285. The van der Waals surface area contributed by atoms with E-state index >= 15 is 0 Å². The van der Waals surface area contributed by atoms with Crippen LogP contribution in [0.15, 0.2) is 22.7 Å². The fourth-order valence-electron chi connectivity index (χ4n) is 2.84. The monoisotopic (exact) mass is 317 g/mol. The molecule has 0 spiro atoms. The summed E-state index contributed by atoms with van der Waals surface area (Å²) in [6, 6.07) is 5.85. The Hall–Kier alpha value is -1.92. The molecule has 124 valence electrons. The van der Waals surface area contributed by atoms with E-state index in [1.54, 1.807) is 7.11 Å². The van der Waals surface area contributed by atoms with Crippen molar-refractivity contribution in [3.8, 4) is 17.1 Å². The Morgan fingerprint density at radius 2 is 2.26 bits per heavy atom. The Balaban J connectivity index is 1.71. The predicted octanol–water partition coefficient (Wildman–Crippen LogP) is 2.26. The summed E-state index contributed by atoms with van der Waals surface area (Å²) in [5.74, 6) is 2.29. The summed E-state index contributed by atoms with van der Waals surface area (Å²) in [6.07, 6.45) is 0.699. The van der Waals surface area contributed by atoms with Crippen LogP contribution in [0, 0.1) is 12.8 Å². The first-order valence-electron chi connectivity index (χ1n) is 7.95. The number of nitrogens with zero attached hydrogens (tertiary/aromatic N) is 3. The van der Waals surface area contributed by atoms with Crippen molar-refractivity contribution in [3.05, 3.63) is 29.7 Å². The molecule has 1 aromatic heterocycles. The van der Waals surface area contributed by atoms with Gasteiger partial charge in [0.1, 0.15) is 5.75 Å². The highest BCUT2D eigenvalue weighted by molar-refractivity contribution is 5.58. The molecule has 0 saturated carbocycles. The molecule has 2 heterocycles. The van der Waals surface area contributed by atoms with Gasteiger partial charge in [0.05, 0.1) is 19.8 Å². The van der Waals surface area contributed by atoms with Gasteiger partial charge >= 0.3 is 0 Å². The summed E-state index contributed by atoms with van der Waals surface area (Å²) < 4.78 is 10.7. The number of aryl methyl sites for hydroxylation is 1. The summed E-state index contributed by atoms with van der Waals surface area (Å²) in [7, 11) is 1.65. The van der Waals surface area contributed by atoms with Gasteiger partial charge < -0.3 is 14.4 Å². The van der Waals surface area contributed by atoms with E-state index in [0.717, 1.165) is 29.8 Å². The average molecular weight is 317 g/mol. The number of hydrogen-bond donors (Lipinski definition) is 1. The molecule has 1 saturated heterocycles. The van der Waals surface area contributed by atoms with E-state index in [1.165, 1.54) is 0 Å². The molecule has 2 atom stereocenters. The fraction of sp³-hybridized carbons (Fsp3) is 0.529. The maximum Gasteiger partial charge on any atom is 0.241 e. The standard InChI is InChI=1S/C17H23N3O3/c1-11-6-7-20(9-14(11)21)10-16-18-17(19-23-16)13-5-4-12(2)15(8-13)22-3/h4-5,8,11,14,21H,6-7,9-10H2,1-3H3. The molecule has 6 heteroatoms. The van der Waals surface area contributed by atoms with Gasteiger partial charge in [0, 0.05) is 12.1 Å². The molecule has 1 aliphatic rings. The number of benzene rings is 1. The number of hydrogen-bond acceptors (Lipinski definition) is 6. The van der Waals surface area contributed by atoms with Crippen LogP contribution in [0.3, 0.4) is 0 Å². The SMILES string of the molecule is COc1cc(-c2noc(CN3CCC(C)C(O)C3)n2)ccc1C. The van der Waals surface area contributed by atoms with Gasteiger partial charge in [-0.15, -0.1) is 0 Å². The van der Waals surface area contributed by atoms with Crippen molar-refractivity contribution in [2.45, 2.75) is 32.9 Å². The third kappa shape index (κ3) is 3.54. The molecule has 3 rings (SSSR count). The van der Waals surface area contributed by atoms with Crippen LogP contribution >= 0.6 is 0 Å². The molecule has 23 heavy (non-hydrogen) atoms. The van der Waals surface area contributed by atoms with Gasteiger partial charge in [0.2, 0.25) is 11.7 Å². The van der Waals surface area contributed by atoms with Crippen molar-refractivity contribution >= 4 is 0 Å². The van der Waals surface area contributed by atoms with Crippen LogP contribution in [0.5, 0.6) is 5.75 Å². The lowest BCUT2D eigenvalue weighted by atomic mass is 9.96. The number of piperidine rings is 1. The second kappa shape index (κ2) is 6.68. The first kappa shape index (κ1) is 16.0. The quantitative estimate of drug-likeness (QED) is 0.932. The summed E-state index contributed by atoms with van der Waals surface area (Å²) in [5.41, 5.74) is 1.94. The van der Waals surface area contributed by atoms with Crippen LogP contribution in [0.2, 0.25) is 0 Å². The number of likely N-dealkylation sites (tertiary alicyclic amines) is 1. The zero-order valence-corrected chi connectivity index (χ0v) is 13.8. The average Bonchev–Trinajstić information content (AvgIpc) is 3.00. The molecule has 1 aliphatic heterocycles. The Morgan fingerprint density at radius 3 is 3.00 bits per heavy atom. The minimum atomic E-state index is -0.285. The zero-order valence-electron chi connectivity index (χ0n) is 13.8. The largest absolute Gasteiger partial charge is 0.496 e. The van der Waals surface area contributed by atoms with Crippen molar-refractivity contribution < 1.29 is 14.4 Å². The summed E-state index contributed by atoms with van der Waals surface area (Å²) >= 11 is 0. The van der Waals surface area contributed by atoms with E-state index in [9.17, 15) is 5.11 Å². The lowest BCUT2D eigenvalue weighted by Crippen LogP contribution is -2.42. The van der Waals surface area contributed by atoms with Gasteiger partial charge in [-0.3, -0.25) is 4.90 Å². The van der Waals surface area contributed by atoms with Crippen LogP contribution in [0.4, 0.5) is 0 Å². The van der Waals surface area contributed by atoms with Crippen molar-refractivity contribution in [1.82, 2.24) is 15.0 Å². The van der Waals surface area contributed by atoms with Crippen molar-refractivity contribution in [1.29, 1.82) is 0 Å². The molecular formula is C17H23N3O3. The Kier molecular flexibility index (Phi) is 4.63. The van der Waals surface area contributed by atoms with Gasteiger partial charge in [0.25, 0.3) is 0 Å². The fourth-order valence-corrected chi connectivity index (χ4v) is 2.84. The molecule has 0 amide bonds. The molecule has 2 aromatic rings. The number of aliphatic hydroxyl groups is 1. The molecule has 2 unspecified atom stereocenters. The van der Waals surface area contributed by atoms with E-state index in [4.69, 9.17) is 9.26 Å². The van der Waals surface area contributed by atoms with Crippen LogP contribution in [0.1, 0.15) is 24.8 Å². The maximum atomic E-state index is 9.97. The second-order valence-electron chi connectivity index (χ2n) is 6.26. The van der Waals surface area contributed by atoms with Gasteiger partial charge in [-0.25, -0.2) is 0 Å². The van der Waals surface area contributed by atoms with E-state index in [-0.39, 0.29) is 6.10 Å². The Labute approximate surface area is 136 Å². The number of aromatic nitrogens is 2. The van der Waals surface area contributed by atoms with Gasteiger partial charge in [-0.05, 0) is 37.4 Å². The summed E-state index contributed by atoms with van der Waals surface area (Å²) in [5, 5.41) is 14.0. The molecule has 1 fully saturated rings. The van der Waals surface area contributed by atoms with Crippen LogP contribution in [0.25, 0.3) is 11.4 Å². The Morgan fingerprint density at radius 1 is 1.43 bits per heavy atom. The van der Waals surface area contributed by atoms with Crippen LogP contribution in [-0.2, 0) is 6.54 Å². The van der Waals surface area contributed by atoms with Gasteiger partial charge in [-0.1, -0.05) is 24.2 Å². The highest BCUT2D eigenvalue weighted by Gasteiger charge is 2.25. The topological polar surface area (TPSA) is 71.6 Å². The van der Waals surface area contributed by atoms with Crippen LogP contribution < -0.4 is 4.74 Å². The number of methoxy groups -OCH3 is 1. The second-order valence-corrected chi connectivity index (χ2v) is 6.26. The molecular weight excluding hydrogens is 294 g/mol. The maximum absolute atomic E-state index is 9.97. The molecule has 0 aliphatic carbocycles. The van der Waals surface area contributed by atoms with Crippen LogP contribution in [-0.4, -0.2) is 46.5 Å². The van der Waals surface area contributed by atoms with Gasteiger partial charge in [-0.2, -0.15) is 4.98 Å². The number of aliphatic hydroxyl groups excluding tert-OH is 1. The number of β-amino-alcohol motifs (C(OH)–C–C–N with tert-alkyl or cyclic N) is 1. The summed E-state index contributed by atoms with van der Waals surface area (Å²) in [6.45, 7) is 6.23. The van der Waals surface area contributed by atoms with E-state index < -0.39 is 0 Å². The predicted molar refractivity (Wildman–Crippen MR) is 86.1 cm³/mol. The first-order valence-corrected chi connectivity index (χ1v) is 7.95. The Bertz CT molecular complexity index is 671.